The van der Waals surface area contributed by atoms with E-state index in [1.54, 1.807) is 17.7 Å². The van der Waals surface area contributed by atoms with Gasteiger partial charge in [-0.2, -0.15) is 4.98 Å². The van der Waals surface area contributed by atoms with Gasteiger partial charge in [-0.25, -0.2) is 0 Å². The van der Waals surface area contributed by atoms with Crippen LogP contribution in [0, 0.1) is 0 Å². The monoisotopic (exact) mass is 467 g/mol. The molecule has 2 aromatic carbocycles. The van der Waals surface area contributed by atoms with Gasteiger partial charge in [-0.05, 0) is 23.8 Å². The summed E-state index contributed by atoms with van der Waals surface area (Å²) in [6, 6.07) is 15.0. The molecule has 6 nitrogen and oxygen atoms in total. The molecule has 1 aliphatic rings. The van der Waals surface area contributed by atoms with Crippen molar-refractivity contribution < 1.29 is 9.53 Å². The fraction of sp³-hybridized carbons (Fsp3) is 0.208. The molecule has 2 heterocycles. The Bertz CT molecular complexity index is 1220. The van der Waals surface area contributed by atoms with Crippen molar-refractivity contribution in [3.05, 3.63) is 93.3 Å². The molecule has 0 fully saturated rings. The maximum Gasteiger partial charge on any atom is 0.279 e. The van der Waals surface area contributed by atoms with Crippen molar-refractivity contribution in [2.24, 2.45) is 7.05 Å². The van der Waals surface area contributed by atoms with E-state index in [9.17, 15) is 9.59 Å². The Hall–Kier alpha value is -3.03. The van der Waals surface area contributed by atoms with Gasteiger partial charge in [0.25, 0.3) is 5.56 Å². The fourth-order valence-corrected chi connectivity index (χ4v) is 4.55. The van der Waals surface area contributed by atoms with Gasteiger partial charge in [-0.1, -0.05) is 59.8 Å². The first-order chi connectivity index (χ1) is 15.5. The number of nitrogens with zero attached hydrogens (tertiary/aromatic N) is 2. The lowest BCUT2D eigenvalue weighted by atomic mass is 9.87. The minimum Gasteiger partial charge on any atom is -0.489 e. The Morgan fingerprint density at radius 1 is 1.25 bits per heavy atom. The third kappa shape index (κ3) is 4.59. The van der Waals surface area contributed by atoms with E-state index in [-0.39, 0.29) is 23.8 Å². The lowest BCUT2D eigenvalue weighted by molar-refractivity contribution is -0.116. The van der Waals surface area contributed by atoms with Gasteiger partial charge >= 0.3 is 0 Å². The SMILES string of the molecule is C=CCSc1nc(=O)c2c(n1C)NC(=O)CC2c1ccc(OCc2ccccc2Cl)cc1. The number of benzene rings is 2. The van der Waals surface area contributed by atoms with Crippen LogP contribution < -0.4 is 15.6 Å². The fourth-order valence-electron chi connectivity index (χ4n) is 3.66. The third-order valence-electron chi connectivity index (χ3n) is 5.27. The van der Waals surface area contributed by atoms with Crippen LogP contribution in [0.1, 0.15) is 29.0 Å². The second-order valence-electron chi connectivity index (χ2n) is 7.37. The van der Waals surface area contributed by atoms with Gasteiger partial charge in [0.15, 0.2) is 5.16 Å². The average Bonchev–Trinajstić information content (AvgIpc) is 2.79. The lowest BCUT2D eigenvalue weighted by Gasteiger charge is -2.27. The highest BCUT2D eigenvalue weighted by Crippen LogP contribution is 2.36. The van der Waals surface area contributed by atoms with Crippen molar-refractivity contribution in [1.82, 2.24) is 9.55 Å². The molecule has 0 radical (unpaired) electrons. The number of hydrogen-bond donors (Lipinski definition) is 1. The zero-order chi connectivity index (χ0) is 22.7. The highest BCUT2D eigenvalue weighted by molar-refractivity contribution is 7.99. The Morgan fingerprint density at radius 3 is 2.72 bits per heavy atom. The molecule has 8 heteroatoms. The van der Waals surface area contributed by atoms with Crippen LogP contribution in [0.15, 0.2) is 71.1 Å². The van der Waals surface area contributed by atoms with E-state index in [1.165, 1.54) is 11.8 Å². The maximum absolute atomic E-state index is 12.9. The normalized spacial score (nSPS) is 15.1. The Morgan fingerprint density at radius 2 is 2.00 bits per heavy atom. The predicted molar refractivity (Wildman–Crippen MR) is 128 cm³/mol. The molecule has 0 spiro atoms. The molecular weight excluding hydrogens is 446 g/mol. The average molecular weight is 468 g/mol. The topological polar surface area (TPSA) is 73.2 Å². The highest BCUT2D eigenvalue weighted by Gasteiger charge is 2.32. The quantitative estimate of drug-likeness (QED) is 0.308. The Kier molecular flexibility index (Phi) is 6.67. The summed E-state index contributed by atoms with van der Waals surface area (Å²) in [5, 5.41) is 4.04. The van der Waals surface area contributed by atoms with E-state index in [4.69, 9.17) is 16.3 Å². The number of carbonyl (C=O) groups excluding carboxylic acids is 1. The summed E-state index contributed by atoms with van der Waals surface area (Å²) < 4.78 is 7.61. The molecule has 1 aromatic heterocycles. The standard InChI is InChI=1S/C24H22ClN3O3S/c1-3-12-32-24-27-23(30)21-18(13-20(29)26-22(21)28(24)2)15-8-10-17(11-9-15)31-14-16-6-4-5-7-19(16)25/h3-11,18H,1,12-14H2,2H3,(H,26,29). The van der Waals surface area contributed by atoms with Crippen molar-refractivity contribution >= 4 is 35.1 Å². The predicted octanol–water partition coefficient (Wildman–Crippen LogP) is 4.76. The minimum atomic E-state index is -0.374. The molecule has 0 bridgehead atoms. The number of carbonyl (C=O) groups is 1. The van der Waals surface area contributed by atoms with Crippen LogP contribution >= 0.6 is 23.4 Å². The van der Waals surface area contributed by atoms with E-state index in [0.29, 0.717) is 39.7 Å². The molecule has 0 aliphatic carbocycles. The first-order valence-corrected chi connectivity index (χ1v) is 11.4. The highest BCUT2D eigenvalue weighted by atomic mass is 35.5. The molecule has 4 rings (SSSR count). The molecule has 3 aromatic rings. The lowest BCUT2D eigenvalue weighted by Crippen LogP contribution is -2.33. The summed E-state index contributed by atoms with van der Waals surface area (Å²) in [7, 11) is 1.80. The van der Waals surface area contributed by atoms with E-state index in [1.807, 2.05) is 48.5 Å². The molecule has 0 saturated carbocycles. The van der Waals surface area contributed by atoms with E-state index < -0.39 is 0 Å². The van der Waals surface area contributed by atoms with Crippen molar-refractivity contribution in [2.45, 2.75) is 24.1 Å². The smallest absolute Gasteiger partial charge is 0.279 e. The zero-order valence-electron chi connectivity index (χ0n) is 17.5. The zero-order valence-corrected chi connectivity index (χ0v) is 19.1. The van der Waals surface area contributed by atoms with Crippen LogP contribution in [0.2, 0.25) is 5.02 Å². The molecule has 1 aliphatic heterocycles. The van der Waals surface area contributed by atoms with E-state index >= 15 is 0 Å². The molecule has 0 saturated heterocycles. The molecule has 1 unspecified atom stereocenters. The van der Waals surface area contributed by atoms with Crippen LogP contribution in [-0.4, -0.2) is 21.2 Å². The maximum atomic E-state index is 12.9. The van der Waals surface area contributed by atoms with Gasteiger partial charge < -0.3 is 14.6 Å². The first kappa shape index (κ1) is 22.2. The van der Waals surface area contributed by atoms with Gasteiger partial charge in [0.1, 0.15) is 18.2 Å². The number of amides is 1. The number of rotatable bonds is 7. The van der Waals surface area contributed by atoms with E-state index in [0.717, 1.165) is 11.1 Å². The second-order valence-corrected chi connectivity index (χ2v) is 8.77. The summed E-state index contributed by atoms with van der Waals surface area (Å²) >= 11 is 7.58. The van der Waals surface area contributed by atoms with Crippen molar-refractivity contribution in [2.75, 3.05) is 11.1 Å². The van der Waals surface area contributed by atoms with Crippen LogP contribution in [0.4, 0.5) is 5.82 Å². The number of halogens is 1. The van der Waals surface area contributed by atoms with E-state index in [2.05, 4.69) is 16.9 Å². The Balaban J connectivity index is 1.60. The summed E-state index contributed by atoms with van der Waals surface area (Å²) in [5.74, 6) is 1.28. The second kappa shape index (κ2) is 9.63. The Labute approximate surface area is 195 Å². The number of fused-ring (bicyclic) bond motifs is 1. The largest absolute Gasteiger partial charge is 0.489 e. The number of hydrogen-bond acceptors (Lipinski definition) is 5. The van der Waals surface area contributed by atoms with Crippen LogP contribution in [0.3, 0.4) is 0 Å². The summed E-state index contributed by atoms with van der Waals surface area (Å²) in [6.45, 7) is 4.05. The number of aromatic nitrogens is 2. The minimum absolute atomic E-state index is 0.137. The van der Waals surface area contributed by atoms with Crippen molar-refractivity contribution in [3.63, 3.8) is 0 Å². The molecule has 32 heavy (non-hydrogen) atoms. The first-order valence-electron chi connectivity index (χ1n) is 10.1. The molecule has 164 valence electrons. The summed E-state index contributed by atoms with van der Waals surface area (Å²) in [6.07, 6.45) is 1.93. The van der Waals surface area contributed by atoms with Crippen molar-refractivity contribution in [1.29, 1.82) is 0 Å². The summed E-state index contributed by atoms with van der Waals surface area (Å²) in [5.41, 5.74) is 1.93. The van der Waals surface area contributed by atoms with Gasteiger partial charge in [0.05, 0.1) is 5.56 Å². The third-order valence-corrected chi connectivity index (χ3v) is 6.66. The summed E-state index contributed by atoms with van der Waals surface area (Å²) in [4.78, 5) is 29.6. The van der Waals surface area contributed by atoms with Crippen molar-refractivity contribution in [3.8, 4) is 5.75 Å². The van der Waals surface area contributed by atoms with Gasteiger partial charge in [-0.3, -0.25) is 9.59 Å². The van der Waals surface area contributed by atoms with Crippen LogP contribution in [0.5, 0.6) is 5.75 Å². The number of nitrogens with one attached hydrogen (secondary N) is 1. The molecule has 1 atom stereocenters. The number of anilines is 1. The molecular formula is C24H22ClN3O3S. The number of ether oxygens (including phenoxy) is 1. The van der Waals surface area contributed by atoms with Gasteiger partial charge in [0, 0.05) is 35.7 Å². The van der Waals surface area contributed by atoms with Gasteiger partial charge in [0.2, 0.25) is 5.91 Å². The molecule has 1 amide bonds. The van der Waals surface area contributed by atoms with Gasteiger partial charge in [-0.15, -0.1) is 6.58 Å². The van der Waals surface area contributed by atoms with Crippen LogP contribution in [0.25, 0.3) is 0 Å². The number of thioether (sulfide) groups is 1. The van der Waals surface area contributed by atoms with Crippen LogP contribution in [-0.2, 0) is 18.4 Å². The molecule has 1 N–H and O–H groups in total.